The normalized spacial score (nSPS) is 13.8. The van der Waals surface area contributed by atoms with Crippen molar-refractivity contribution in [3.63, 3.8) is 0 Å². The van der Waals surface area contributed by atoms with Crippen molar-refractivity contribution in [1.82, 2.24) is 9.88 Å². The smallest absolute Gasteiger partial charge is 0.272 e. The Bertz CT molecular complexity index is 852. The minimum atomic E-state index is -0.105. The molecule has 0 radical (unpaired) electrons. The van der Waals surface area contributed by atoms with Crippen molar-refractivity contribution in [2.45, 2.75) is 19.8 Å². The molecule has 0 bridgehead atoms. The quantitative estimate of drug-likeness (QED) is 0.794. The topological polar surface area (TPSA) is 57.0 Å². The predicted octanol–water partition coefficient (Wildman–Crippen LogP) is 4.47. The standard InChI is InChI=1S/C18H15Cl2N3O/c1-11-15(10-21)14(13-5-4-12(19)8-16(13)20)9-17(22-11)18(24)23-6-2-3-7-23/h4-5,8-9H,2-3,6-7H2,1H3. The molecule has 1 amide bonds. The van der Waals surface area contributed by atoms with Gasteiger partial charge in [0.2, 0.25) is 0 Å². The second kappa shape index (κ2) is 6.80. The number of benzene rings is 1. The minimum absolute atomic E-state index is 0.105. The molecule has 1 aromatic carbocycles. The third-order valence-corrected chi connectivity index (χ3v) is 4.69. The van der Waals surface area contributed by atoms with E-state index in [4.69, 9.17) is 23.2 Å². The molecule has 4 nitrogen and oxygen atoms in total. The van der Waals surface area contributed by atoms with Crippen LogP contribution in [0, 0.1) is 18.3 Å². The summed E-state index contributed by atoms with van der Waals surface area (Å²) in [5.41, 5.74) is 2.54. The summed E-state index contributed by atoms with van der Waals surface area (Å²) < 4.78 is 0. The van der Waals surface area contributed by atoms with Crippen LogP contribution in [-0.4, -0.2) is 28.9 Å². The molecule has 1 aromatic heterocycles. The Kier molecular flexibility index (Phi) is 4.75. The van der Waals surface area contributed by atoms with Gasteiger partial charge in [-0.2, -0.15) is 5.26 Å². The summed E-state index contributed by atoms with van der Waals surface area (Å²) in [6.45, 7) is 3.22. The summed E-state index contributed by atoms with van der Waals surface area (Å²) >= 11 is 12.2. The summed E-state index contributed by atoms with van der Waals surface area (Å²) in [6, 6.07) is 8.90. The lowest BCUT2D eigenvalue weighted by atomic mass is 9.98. The summed E-state index contributed by atoms with van der Waals surface area (Å²) in [6.07, 6.45) is 2.02. The lowest BCUT2D eigenvalue weighted by molar-refractivity contribution is 0.0787. The average molecular weight is 360 g/mol. The average Bonchev–Trinajstić information content (AvgIpc) is 3.08. The number of aromatic nitrogens is 1. The predicted molar refractivity (Wildman–Crippen MR) is 94.3 cm³/mol. The first kappa shape index (κ1) is 16.8. The van der Waals surface area contributed by atoms with Gasteiger partial charge in [-0.1, -0.05) is 29.3 Å². The van der Waals surface area contributed by atoms with E-state index < -0.39 is 0 Å². The number of nitrogens with zero attached hydrogens (tertiary/aromatic N) is 3. The summed E-state index contributed by atoms with van der Waals surface area (Å²) in [7, 11) is 0. The van der Waals surface area contributed by atoms with Crippen LogP contribution >= 0.6 is 23.2 Å². The maximum atomic E-state index is 12.6. The summed E-state index contributed by atoms with van der Waals surface area (Å²) in [4.78, 5) is 18.8. The first-order valence-electron chi connectivity index (χ1n) is 7.67. The molecular formula is C18H15Cl2N3O. The van der Waals surface area contributed by atoms with Crippen LogP contribution in [0.1, 0.15) is 34.6 Å². The van der Waals surface area contributed by atoms with E-state index >= 15 is 0 Å². The molecular weight excluding hydrogens is 345 g/mol. The van der Waals surface area contributed by atoms with E-state index in [1.54, 1.807) is 36.1 Å². The maximum Gasteiger partial charge on any atom is 0.272 e. The van der Waals surface area contributed by atoms with E-state index in [9.17, 15) is 10.1 Å². The number of nitriles is 1. The molecule has 0 saturated carbocycles. The van der Waals surface area contributed by atoms with Gasteiger partial charge in [0, 0.05) is 34.3 Å². The SMILES string of the molecule is Cc1nc(C(=O)N2CCCC2)cc(-c2ccc(Cl)cc2Cl)c1C#N. The van der Waals surface area contributed by atoms with Gasteiger partial charge < -0.3 is 4.90 Å². The Labute approximate surface area is 150 Å². The highest BCUT2D eigenvalue weighted by atomic mass is 35.5. The van der Waals surface area contributed by atoms with Crippen LogP contribution in [0.5, 0.6) is 0 Å². The third kappa shape index (κ3) is 3.10. The Morgan fingerprint density at radius 1 is 1.21 bits per heavy atom. The van der Waals surface area contributed by atoms with Crippen molar-refractivity contribution in [3.8, 4) is 17.2 Å². The van der Waals surface area contributed by atoms with Crippen molar-refractivity contribution in [1.29, 1.82) is 5.26 Å². The van der Waals surface area contributed by atoms with Crippen LogP contribution in [0.15, 0.2) is 24.3 Å². The number of amides is 1. The fraction of sp³-hybridized carbons (Fsp3) is 0.278. The second-order valence-corrected chi connectivity index (χ2v) is 6.59. The van der Waals surface area contributed by atoms with Gasteiger partial charge in [-0.05, 0) is 38.0 Å². The van der Waals surface area contributed by atoms with Crippen LogP contribution in [0.25, 0.3) is 11.1 Å². The van der Waals surface area contributed by atoms with Gasteiger partial charge in [0.1, 0.15) is 11.8 Å². The van der Waals surface area contributed by atoms with Gasteiger partial charge in [0.15, 0.2) is 0 Å². The number of pyridine rings is 1. The highest BCUT2D eigenvalue weighted by Crippen LogP contribution is 2.34. The fourth-order valence-electron chi connectivity index (χ4n) is 2.93. The zero-order valence-electron chi connectivity index (χ0n) is 13.1. The van der Waals surface area contributed by atoms with Gasteiger partial charge in [-0.3, -0.25) is 4.79 Å². The Morgan fingerprint density at radius 2 is 1.92 bits per heavy atom. The highest BCUT2D eigenvalue weighted by Gasteiger charge is 2.23. The van der Waals surface area contributed by atoms with Crippen molar-refractivity contribution in [2.24, 2.45) is 0 Å². The van der Waals surface area contributed by atoms with E-state index in [0.717, 1.165) is 25.9 Å². The number of hydrogen-bond donors (Lipinski definition) is 0. The number of likely N-dealkylation sites (tertiary alicyclic amines) is 1. The molecule has 1 aliphatic rings. The number of carbonyl (C=O) groups is 1. The van der Waals surface area contributed by atoms with Gasteiger partial charge in [-0.15, -0.1) is 0 Å². The molecule has 24 heavy (non-hydrogen) atoms. The largest absolute Gasteiger partial charge is 0.337 e. The third-order valence-electron chi connectivity index (χ3n) is 4.15. The van der Waals surface area contributed by atoms with Crippen molar-refractivity contribution >= 4 is 29.1 Å². The first-order chi connectivity index (χ1) is 11.5. The van der Waals surface area contributed by atoms with Crippen LogP contribution < -0.4 is 0 Å². The molecule has 0 spiro atoms. The molecule has 122 valence electrons. The Hall–Kier alpha value is -2.09. The monoisotopic (exact) mass is 359 g/mol. The van der Waals surface area contributed by atoms with Gasteiger partial charge in [0.25, 0.3) is 5.91 Å². The van der Waals surface area contributed by atoms with Gasteiger partial charge in [0.05, 0.1) is 11.3 Å². The summed E-state index contributed by atoms with van der Waals surface area (Å²) in [5.74, 6) is -0.105. The van der Waals surface area contributed by atoms with E-state index in [1.165, 1.54) is 0 Å². The Morgan fingerprint density at radius 3 is 2.54 bits per heavy atom. The first-order valence-corrected chi connectivity index (χ1v) is 8.43. The second-order valence-electron chi connectivity index (χ2n) is 5.75. The van der Waals surface area contributed by atoms with Crippen molar-refractivity contribution in [2.75, 3.05) is 13.1 Å². The lowest BCUT2D eigenvalue weighted by Crippen LogP contribution is -2.28. The molecule has 6 heteroatoms. The minimum Gasteiger partial charge on any atom is -0.337 e. The van der Waals surface area contributed by atoms with E-state index in [1.807, 2.05) is 0 Å². The number of halogens is 2. The van der Waals surface area contributed by atoms with Gasteiger partial charge >= 0.3 is 0 Å². The maximum absolute atomic E-state index is 12.6. The van der Waals surface area contributed by atoms with Crippen LogP contribution in [-0.2, 0) is 0 Å². The highest BCUT2D eigenvalue weighted by molar-refractivity contribution is 6.36. The van der Waals surface area contributed by atoms with Crippen molar-refractivity contribution < 1.29 is 4.79 Å². The number of aryl methyl sites for hydroxylation is 1. The zero-order chi connectivity index (χ0) is 17.3. The molecule has 1 aliphatic heterocycles. The number of carbonyl (C=O) groups excluding carboxylic acids is 1. The van der Waals surface area contributed by atoms with Gasteiger partial charge in [-0.25, -0.2) is 4.98 Å². The van der Waals surface area contributed by atoms with Crippen LogP contribution in [0.3, 0.4) is 0 Å². The molecule has 3 rings (SSSR count). The molecule has 2 heterocycles. The van der Waals surface area contributed by atoms with Crippen LogP contribution in [0.4, 0.5) is 0 Å². The number of rotatable bonds is 2. The van der Waals surface area contributed by atoms with E-state index in [0.29, 0.717) is 38.1 Å². The fourth-order valence-corrected chi connectivity index (χ4v) is 3.44. The van der Waals surface area contributed by atoms with Crippen molar-refractivity contribution in [3.05, 3.63) is 51.3 Å². The molecule has 2 aromatic rings. The number of hydrogen-bond acceptors (Lipinski definition) is 3. The summed E-state index contributed by atoms with van der Waals surface area (Å²) in [5, 5.41) is 10.4. The molecule has 0 aliphatic carbocycles. The van der Waals surface area contributed by atoms with E-state index in [2.05, 4.69) is 11.1 Å². The molecule has 0 unspecified atom stereocenters. The van der Waals surface area contributed by atoms with Crippen LogP contribution in [0.2, 0.25) is 10.0 Å². The lowest BCUT2D eigenvalue weighted by Gasteiger charge is -2.17. The molecule has 0 N–H and O–H groups in total. The molecule has 1 saturated heterocycles. The Balaban J connectivity index is 2.13. The zero-order valence-corrected chi connectivity index (χ0v) is 14.7. The van der Waals surface area contributed by atoms with E-state index in [-0.39, 0.29) is 5.91 Å². The molecule has 0 atom stereocenters. The molecule has 1 fully saturated rings.